The zero-order valence-corrected chi connectivity index (χ0v) is 18.0. The number of amides is 1. The monoisotopic (exact) mass is 443 g/mol. The normalized spacial score (nSPS) is 13.6. The summed E-state index contributed by atoms with van der Waals surface area (Å²) in [6, 6.07) is 22.9. The van der Waals surface area contributed by atoms with Gasteiger partial charge in [-0.1, -0.05) is 24.3 Å². The molecule has 5 rings (SSSR count). The highest BCUT2D eigenvalue weighted by Crippen LogP contribution is 2.32. The predicted octanol–water partition coefficient (Wildman–Crippen LogP) is 4.63. The summed E-state index contributed by atoms with van der Waals surface area (Å²) >= 11 is 0. The molecule has 0 saturated heterocycles. The van der Waals surface area contributed by atoms with Gasteiger partial charge in [0.1, 0.15) is 0 Å². The third kappa shape index (κ3) is 3.61. The minimum absolute atomic E-state index is 0.167. The quantitative estimate of drug-likeness (QED) is 0.499. The first-order valence-electron chi connectivity index (χ1n) is 10.4. The van der Waals surface area contributed by atoms with Crippen LogP contribution in [0.2, 0.25) is 0 Å². The molecule has 0 spiro atoms. The van der Waals surface area contributed by atoms with Gasteiger partial charge < -0.3 is 5.32 Å². The first-order valence-corrected chi connectivity index (χ1v) is 11.8. The Kier molecular flexibility index (Phi) is 5.11. The fraction of sp³-hybridized carbons (Fsp3) is 0.120. The molecule has 1 N–H and O–H groups in total. The van der Waals surface area contributed by atoms with Gasteiger partial charge in [0.25, 0.3) is 15.9 Å². The van der Waals surface area contributed by atoms with E-state index < -0.39 is 10.0 Å². The van der Waals surface area contributed by atoms with Gasteiger partial charge in [0.05, 0.1) is 21.8 Å². The molecule has 32 heavy (non-hydrogen) atoms. The SMILES string of the molecule is O=C(Nc1cccc2ncccc12)c1ccc(S(=O)(=O)N2CCCc3ccccc32)cc1. The minimum atomic E-state index is -3.71. The molecule has 4 aromatic rings. The second-order valence-electron chi connectivity index (χ2n) is 7.66. The number of aromatic nitrogens is 1. The van der Waals surface area contributed by atoms with Gasteiger partial charge in [0, 0.05) is 23.7 Å². The molecule has 0 atom stereocenters. The van der Waals surface area contributed by atoms with Gasteiger partial charge in [-0.05, 0) is 73.0 Å². The molecule has 6 nitrogen and oxygen atoms in total. The van der Waals surface area contributed by atoms with Crippen LogP contribution in [0.1, 0.15) is 22.3 Å². The summed E-state index contributed by atoms with van der Waals surface area (Å²) in [7, 11) is -3.71. The lowest BCUT2D eigenvalue weighted by Gasteiger charge is -2.30. The van der Waals surface area contributed by atoms with Gasteiger partial charge in [-0.3, -0.25) is 14.1 Å². The van der Waals surface area contributed by atoms with E-state index >= 15 is 0 Å². The molecule has 0 aliphatic carbocycles. The van der Waals surface area contributed by atoms with Crippen LogP contribution in [0.3, 0.4) is 0 Å². The maximum atomic E-state index is 13.3. The number of aryl methyl sites for hydroxylation is 1. The highest BCUT2D eigenvalue weighted by atomic mass is 32.2. The highest BCUT2D eigenvalue weighted by Gasteiger charge is 2.29. The number of hydrogen-bond donors (Lipinski definition) is 1. The molecule has 7 heteroatoms. The van der Waals surface area contributed by atoms with Crippen molar-refractivity contribution in [3.8, 4) is 0 Å². The summed E-state index contributed by atoms with van der Waals surface area (Å²) in [5.74, 6) is -0.311. The summed E-state index contributed by atoms with van der Waals surface area (Å²) in [4.78, 5) is 17.3. The molecule has 160 valence electrons. The number of sulfonamides is 1. The third-order valence-electron chi connectivity index (χ3n) is 5.67. The fourth-order valence-corrected chi connectivity index (χ4v) is 5.60. The number of fused-ring (bicyclic) bond motifs is 2. The van der Waals surface area contributed by atoms with Crippen LogP contribution in [0.5, 0.6) is 0 Å². The van der Waals surface area contributed by atoms with E-state index in [1.165, 1.54) is 16.4 Å². The molecule has 1 amide bonds. The van der Waals surface area contributed by atoms with E-state index in [4.69, 9.17) is 0 Å². The van der Waals surface area contributed by atoms with Crippen molar-refractivity contribution in [2.45, 2.75) is 17.7 Å². The molecule has 1 aromatic heterocycles. The minimum Gasteiger partial charge on any atom is -0.321 e. The van der Waals surface area contributed by atoms with Crippen molar-refractivity contribution >= 4 is 38.2 Å². The first-order chi connectivity index (χ1) is 15.5. The summed E-state index contributed by atoms with van der Waals surface area (Å²) in [5.41, 5.74) is 3.58. The van der Waals surface area contributed by atoms with Gasteiger partial charge in [-0.25, -0.2) is 8.42 Å². The Morgan fingerprint density at radius 1 is 0.906 bits per heavy atom. The number of para-hydroxylation sites is 1. The fourth-order valence-electron chi connectivity index (χ4n) is 4.06. The van der Waals surface area contributed by atoms with Crippen LogP contribution in [0, 0.1) is 0 Å². The molecule has 1 aliphatic heterocycles. The molecular formula is C25H21N3O3S. The van der Waals surface area contributed by atoms with E-state index in [1.54, 1.807) is 18.3 Å². The standard InChI is InChI=1S/C25H21N3O3S/c29-25(27-23-10-3-9-22-21(23)8-4-16-26-22)19-12-14-20(15-13-19)32(30,31)28-17-5-7-18-6-1-2-11-24(18)28/h1-4,6,8-16H,5,7,17H2,(H,27,29). The Hall–Kier alpha value is -3.71. The van der Waals surface area contributed by atoms with Crippen molar-refractivity contribution in [2.75, 3.05) is 16.2 Å². The summed E-state index contributed by atoms with van der Waals surface area (Å²) < 4.78 is 28.0. The zero-order valence-electron chi connectivity index (χ0n) is 17.2. The topological polar surface area (TPSA) is 79.4 Å². The second-order valence-corrected chi connectivity index (χ2v) is 9.53. The molecule has 0 saturated carbocycles. The van der Waals surface area contributed by atoms with E-state index in [-0.39, 0.29) is 10.8 Å². The molecular weight excluding hydrogens is 422 g/mol. The first kappa shape index (κ1) is 20.2. The van der Waals surface area contributed by atoms with E-state index in [2.05, 4.69) is 10.3 Å². The number of benzene rings is 3. The number of hydrogen-bond acceptors (Lipinski definition) is 4. The highest BCUT2D eigenvalue weighted by molar-refractivity contribution is 7.92. The van der Waals surface area contributed by atoms with Crippen molar-refractivity contribution in [1.29, 1.82) is 0 Å². The van der Waals surface area contributed by atoms with Gasteiger partial charge >= 0.3 is 0 Å². The Morgan fingerprint density at radius 2 is 1.72 bits per heavy atom. The predicted molar refractivity (Wildman–Crippen MR) is 125 cm³/mol. The zero-order chi connectivity index (χ0) is 22.1. The lowest BCUT2D eigenvalue weighted by molar-refractivity contribution is 0.102. The Morgan fingerprint density at radius 3 is 2.56 bits per heavy atom. The van der Waals surface area contributed by atoms with E-state index in [1.807, 2.05) is 54.6 Å². The molecule has 0 fully saturated rings. The van der Waals surface area contributed by atoms with Gasteiger partial charge in [-0.2, -0.15) is 0 Å². The maximum absolute atomic E-state index is 13.3. The number of pyridine rings is 1. The molecule has 1 aliphatic rings. The third-order valence-corrected chi connectivity index (χ3v) is 7.49. The molecule has 0 bridgehead atoms. The number of nitrogens with one attached hydrogen (secondary N) is 1. The summed E-state index contributed by atoms with van der Waals surface area (Å²) in [6.45, 7) is 0.441. The van der Waals surface area contributed by atoms with Crippen LogP contribution >= 0.6 is 0 Å². The molecule has 3 aromatic carbocycles. The van der Waals surface area contributed by atoms with Crippen LogP contribution in [-0.2, 0) is 16.4 Å². The van der Waals surface area contributed by atoms with E-state index in [9.17, 15) is 13.2 Å². The summed E-state index contributed by atoms with van der Waals surface area (Å²) in [5, 5.41) is 3.74. The Balaban J connectivity index is 1.40. The number of nitrogens with zero attached hydrogens (tertiary/aromatic N) is 2. The summed E-state index contributed by atoms with van der Waals surface area (Å²) in [6.07, 6.45) is 3.34. The van der Waals surface area contributed by atoms with Crippen molar-refractivity contribution in [1.82, 2.24) is 4.98 Å². The van der Waals surface area contributed by atoms with Gasteiger partial charge in [-0.15, -0.1) is 0 Å². The Bertz CT molecular complexity index is 1410. The smallest absolute Gasteiger partial charge is 0.264 e. The number of carbonyl (C=O) groups excluding carboxylic acids is 1. The number of rotatable bonds is 4. The van der Waals surface area contributed by atoms with Gasteiger partial charge in [0.15, 0.2) is 0 Å². The average molecular weight is 444 g/mol. The van der Waals surface area contributed by atoms with Crippen LogP contribution < -0.4 is 9.62 Å². The van der Waals surface area contributed by atoms with Crippen LogP contribution in [0.4, 0.5) is 11.4 Å². The maximum Gasteiger partial charge on any atom is 0.264 e. The van der Waals surface area contributed by atoms with Crippen molar-refractivity contribution in [2.24, 2.45) is 0 Å². The van der Waals surface area contributed by atoms with Crippen LogP contribution in [0.15, 0.2) is 90.0 Å². The van der Waals surface area contributed by atoms with Crippen LogP contribution in [-0.4, -0.2) is 25.9 Å². The van der Waals surface area contributed by atoms with E-state index in [0.717, 1.165) is 35.0 Å². The second kappa shape index (κ2) is 8.09. The average Bonchev–Trinajstić information content (AvgIpc) is 2.84. The lowest BCUT2D eigenvalue weighted by Crippen LogP contribution is -2.35. The lowest BCUT2D eigenvalue weighted by atomic mass is 10.0. The van der Waals surface area contributed by atoms with E-state index in [0.29, 0.717) is 17.8 Å². The Labute approximate surface area is 186 Å². The van der Waals surface area contributed by atoms with Crippen LogP contribution in [0.25, 0.3) is 10.9 Å². The van der Waals surface area contributed by atoms with Crippen molar-refractivity contribution in [3.63, 3.8) is 0 Å². The number of anilines is 2. The molecule has 2 heterocycles. The molecule has 0 unspecified atom stereocenters. The van der Waals surface area contributed by atoms with Crippen molar-refractivity contribution < 1.29 is 13.2 Å². The number of carbonyl (C=O) groups is 1. The molecule has 0 radical (unpaired) electrons. The largest absolute Gasteiger partial charge is 0.321 e. The van der Waals surface area contributed by atoms with Crippen molar-refractivity contribution in [3.05, 3.63) is 96.2 Å². The van der Waals surface area contributed by atoms with Gasteiger partial charge in [0.2, 0.25) is 0 Å².